The highest BCUT2D eigenvalue weighted by Crippen LogP contribution is 1.62. The molecule has 0 heteroatoms. The Hall–Kier alpha value is 0. The molecule has 0 spiro atoms. The Kier molecular flexibility index (Phi) is 4900. The summed E-state index contributed by atoms with van der Waals surface area (Å²) in [4.78, 5) is 0. The Balaban J connectivity index is -0.0000000102. The first-order chi connectivity index (χ1) is 42.9. The van der Waals surface area contributed by atoms with Crippen LogP contribution in [0.2, 0.25) is 0 Å². The first-order valence-corrected chi connectivity index (χ1v) is 42.9. The van der Waals surface area contributed by atoms with Gasteiger partial charge in [-0.25, -0.2) is 0 Å². The molecule has 0 aliphatic carbocycles. The molecule has 0 radical (unpaired) electrons. The SMILES string of the molecule is CC.CC.CC.CC.CC.CC.CC.CC.CC.CC.CC.CC.CC.CC.CC.CC.CCC.CCC.CCC.CCC.CCC.CCC.CCC.CCC.CCC.CCC.CCC.CCC.CCC.CCC.CCC.CCC.CCC.CCC.CCC. The van der Waals surface area contributed by atoms with Crippen molar-refractivity contribution in [3.63, 3.8) is 0 Å². The maximum Gasteiger partial charge on any atom is -0.0590 e. The fourth-order valence-corrected chi connectivity index (χ4v) is 0. The lowest BCUT2D eigenvalue weighted by Gasteiger charge is -1.48. The molecule has 0 aliphatic rings. The second-order valence-corrected chi connectivity index (χ2v) is 13.4. The molecule has 604 valence electrons. The summed E-state index contributed by atoms with van der Waals surface area (Å²) in [5.74, 6) is 0. The molecule has 0 unspecified atom stereocenters. The molecule has 0 fully saturated rings. The third-order valence-corrected chi connectivity index (χ3v) is 0. The molecule has 0 amide bonds. The van der Waals surface area contributed by atoms with Gasteiger partial charge in [-0.15, -0.1) is 0 Å². The molecule has 0 aromatic carbocycles. The quantitative estimate of drug-likeness (QED) is 0.227. The average molecular weight is 1320 g/mol. The van der Waals surface area contributed by atoms with E-state index in [1.165, 1.54) is 122 Å². The molecular weight excluding hydrogens is 1070 g/mol. The van der Waals surface area contributed by atoms with Gasteiger partial charge in [0.25, 0.3) is 0 Å². The Morgan fingerprint density at radius 1 is 0.0562 bits per heavy atom. The standard InChI is InChI=1S/19C3H8.16C2H6/c19*1-3-2;16*1-2/h19*3H2,1-2H3;16*1-2H3. The van der Waals surface area contributed by atoms with E-state index < -0.39 is 0 Å². The molecule has 0 aromatic heterocycles. The van der Waals surface area contributed by atoms with Crippen molar-refractivity contribution in [3.05, 3.63) is 0 Å². The minimum absolute atomic E-state index is 1.25. The van der Waals surface area contributed by atoms with Crippen molar-refractivity contribution < 1.29 is 0 Å². The van der Waals surface area contributed by atoms with Crippen molar-refractivity contribution in [3.8, 4) is 0 Å². The van der Waals surface area contributed by atoms with Gasteiger partial charge >= 0.3 is 0 Å². The summed E-state index contributed by atoms with van der Waals surface area (Å²) in [5, 5.41) is 0. The van der Waals surface area contributed by atoms with Crippen LogP contribution >= 0.6 is 0 Å². The normalized spacial score (nSPS) is 4.92. The van der Waals surface area contributed by atoms with Crippen molar-refractivity contribution >= 4 is 0 Å². The van der Waals surface area contributed by atoms with E-state index in [0.29, 0.717) is 0 Å². The van der Waals surface area contributed by atoms with Crippen LogP contribution in [0.4, 0.5) is 0 Å². The van der Waals surface area contributed by atoms with Crippen LogP contribution in [0.3, 0.4) is 0 Å². The van der Waals surface area contributed by atoms with Gasteiger partial charge in [-0.2, -0.15) is 0 Å². The third kappa shape index (κ3) is 0. The molecule has 0 nitrogen and oxygen atoms in total. The fourth-order valence-electron chi connectivity index (χ4n) is 0. The zero-order valence-corrected chi connectivity index (χ0v) is 83.4. The second-order valence-electron chi connectivity index (χ2n) is 13.4. The van der Waals surface area contributed by atoms with Crippen molar-refractivity contribution in [1.82, 2.24) is 0 Å². The number of hydrogen-bond donors (Lipinski definition) is 0. The first kappa shape index (κ1) is 236. The average Bonchev–Trinajstić information content (AvgIpc) is 3.57. The number of hydrogen-bond acceptors (Lipinski definition) is 0. The minimum Gasteiger partial charge on any atom is -0.0683 e. The first-order valence-electron chi connectivity index (χ1n) is 42.9. The van der Waals surface area contributed by atoms with Gasteiger partial charge in [0.15, 0.2) is 0 Å². The molecule has 0 atom stereocenters. The van der Waals surface area contributed by atoms with Crippen LogP contribution in [0.1, 0.15) is 607 Å². The van der Waals surface area contributed by atoms with Crippen LogP contribution in [0.15, 0.2) is 0 Å². The summed E-state index contributed by atoms with van der Waals surface area (Å²) >= 11 is 0. The van der Waals surface area contributed by atoms with E-state index in [9.17, 15) is 0 Å². The van der Waals surface area contributed by atoms with Crippen LogP contribution in [0.5, 0.6) is 0 Å². The van der Waals surface area contributed by atoms with Crippen LogP contribution in [0, 0.1) is 0 Å². The summed E-state index contributed by atoms with van der Waals surface area (Å²) in [6, 6.07) is 0. The lowest BCUT2D eigenvalue weighted by Crippen LogP contribution is -1.27. The van der Waals surface area contributed by atoms with Gasteiger partial charge in [-0.3, -0.25) is 0 Å². The van der Waals surface area contributed by atoms with E-state index in [1.807, 2.05) is 222 Å². The fraction of sp³-hybridized carbons (Fsp3) is 1.00. The van der Waals surface area contributed by atoms with Gasteiger partial charge in [0.2, 0.25) is 0 Å². The molecule has 0 bridgehead atoms. The summed E-state index contributed by atoms with van der Waals surface area (Å²) < 4.78 is 0. The molecule has 0 aliphatic heterocycles. The van der Waals surface area contributed by atoms with Crippen LogP contribution in [-0.4, -0.2) is 0 Å². The molecular formula is C89H248. The summed E-state index contributed by atoms with van der Waals surface area (Å²) in [7, 11) is 0. The van der Waals surface area contributed by atoms with E-state index >= 15 is 0 Å². The predicted molar refractivity (Wildman–Crippen MR) is 485 cm³/mol. The van der Waals surface area contributed by atoms with E-state index in [0.717, 1.165) is 0 Å². The van der Waals surface area contributed by atoms with Crippen LogP contribution in [0.25, 0.3) is 0 Å². The Labute approximate surface area is 603 Å². The van der Waals surface area contributed by atoms with Crippen LogP contribution in [-0.2, 0) is 0 Å². The summed E-state index contributed by atoms with van der Waals surface area (Å²) in [6.45, 7) is 145. The van der Waals surface area contributed by atoms with Gasteiger partial charge in [0, 0.05) is 0 Å². The van der Waals surface area contributed by atoms with Gasteiger partial charge in [0.1, 0.15) is 0 Å². The molecule has 0 saturated carbocycles. The maximum atomic E-state index is 2.12. The summed E-state index contributed by atoms with van der Waals surface area (Å²) in [6.07, 6.45) is 23.8. The minimum atomic E-state index is 1.25. The third-order valence-electron chi connectivity index (χ3n) is 0. The van der Waals surface area contributed by atoms with E-state index in [-0.39, 0.29) is 0 Å². The van der Waals surface area contributed by atoms with E-state index in [4.69, 9.17) is 0 Å². The predicted octanol–water partition coefficient (Wildman–Crippen LogP) is 43.3. The Morgan fingerprint density at radius 2 is 0.0562 bits per heavy atom. The van der Waals surface area contributed by atoms with Gasteiger partial charge in [0.05, 0.1) is 0 Å². The molecule has 0 N–H and O–H groups in total. The topological polar surface area (TPSA) is 0 Å². The second kappa shape index (κ2) is 1850. The van der Waals surface area contributed by atoms with Gasteiger partial charge in [-0.1, -0.05) is 607 Å². The largest absolute Gasteiger partial charge is 0.0683 e. The number of rotatable bonds is 0. The van der Waals surface area contributed by atoms with E-state index in [2.05, 4.69) is 263 Å². The van der Waals surface area contributed by atoms with Crippen molar-refractivity contribution in [2.45, 2.75) is 607 Å². The van der Waals surface area contributed by atoms with Crippen LogP contribution < -0.4 is 0 Å². The highest BCUT2D eigenvalue weighted by molar-refractivity contribution is 3.97. The molecule has 0 saturated heterocycles. The highest BCUT2D eigenvalue weighted by atomic mass is 13.5. The Bertz CT molecular complexity index is 80.7. The highest BCUT2D eigenvalue weighted by Gasteiger charge is 1.41. The van der Waals surface area contributed by atoms with Gasteiger partial charge < -0.3 is 0 Å². The smallest absolute Gasteiger partial charge is 0.0590 e. The van der Waals surface area contributed by atoms with E-state index in [1.54, 1.807) is 0 Å². The van der Waals surface area contributed by atoms with Crippen molar-refractivity contribution in [2.24, 2.45) is 0 Å². The zero-order chi connectivity index (χ0) is 83.4. The van der Waals surface area contributed by atoms with Gasteiger partial charge in [-0.05, 0) is 0 Å². The monoisotopic (exact) mass is 1320 g/mol. The lowest BCUT2D eigenvalue weighted by atomic mass is 10.6. The maximum absolute atomic E-state index is 2.12. The van der Waals surface area contributed by atoms with Crippen molar-refractivity contribution in [2.75, 3.05) is 0 Å². The Morgan fingerprint density at radius 3 is 0.0562 bits per heavy atom. The molecule has 89 heavy (non-hydrogen) atoms. The molecule has 0 heterocycles. The summed E-state index contributed by atoms with van der Waals surface area (Å²) in [5.41, 5.74) is 0. The zero-order valence-electron chi connectivity index (χ0n) is 83.4. The van der Waals surface area contributed by atoms with Crippen molar-refractivity contribution in [1.29, 1.82) is 0 Å². The lowest BCUT2D eigenvalue weighted by molar-refractivity contribution is 1.09. The molecule has 0 rings (SSSR count). The molecule has 0 aromatic rings.